The molecule has 0 aliphatic carbocycles. The van der Waals surface area contributed by atoms with E-state index in [-0.39, 0.29) is 0 Å². The van der Waals surface area contributed by atoms with Gasteiger partial charge < -0.3 is 9.64 Å². The van der Waals surface area contributed by atoms with Gasteiger partial charge in [-0.05, 0) is 32.7 Å². The quantitative estimate of drug-likeness (QED) is 0.755. The van der Waals surface area contributed by atoms with Crippen LogP contribution in [0.15, 0.2) is 18.6 Å². The van der Waals surface area contributed by atoms with Crippen LogP contribution in [0.1, 0.15) is 25.7 Å². The van der Waals surface area contributed by atoms with Gasteiger partial charge in [-0.1, -0.05) is 0 Å². The number of hydrogen-bond donors (Lipinski definition) is 0. The molecule has 0 aromatic carbocycles. The van der Waals surface area contributed by atoms with Crippen LogP contribution in [0.3, 0.4) is 0 Å². The zero-order valence-electron chi connectivity index (χ0n) is 9.54. The summed E-state index contributed by atoms with van der Waals surface area (Å²) in [5, 5.41) is 0. The second kappa shape index (κ2) is 4.01. The van der Waals surface area contributed by atoms with Crippen molar-refractivity contribution in [1.82, 2.24) is 14.9 Å². The largest absolute Gasteiger partial charge is 0.473 e. The topological polar surface area (TPSA) is 38.2 Å². The molecule has 4 nitrogen and oxygen atoms in total. The van der Waals surface area contributed by atoms with Crippen molar-refractivity contribution in [2.75, 3.05) is 7.05 Å². The van der Waals surface area contributed by atoms with Crippen molar-refractivity contribution in [3.8, 4) is 5.88 Å². The Labute approximate surface area is 95.7 Å². The number of ether oxygens (including phenoxy) is 1. The lowest BCUT2D eigenvalue weighted by atomic mass is 10.0. The fraction of sp³-hybridized carbons (Fsp3) is 0.667. The van der Waals surface area contributed by atoms with Gasteiger partial charge in [-0.3, -0.25) is 4.98 Å². The average Bonchev–Trinajstić information content (AvgIpc) is 2.54. The average molecular weight is 219 g/mol. The van der Waals surface area contributed by atoms with Crippen LogP contribution in [0.5, 0.6) is 5.88 Å². The molecule has 2 unspecified atom stereocenters. The molecular weight excluding hydrogens is 202 g/mol. The van der Waals surface area contributed by atoms with E-state index in [2.05, 4.69) is 21.9 Å². The van der Waals surface area contributed by atoms with Gasteiger partial charge in [0.25, 0.3) is 0 Å². The van der Waals surface area contributed by atoms with E-state index in [9.17, 15) is 0 Å². The Bertz CT molecular complexity index is 343. The molecule has 4 heteroatoms. The minimum atomic E-state index is 0.324. The fourth-order valence-electron chi connectivity index (χ4n) is 2.97. The van der Waals surface area contributed by atoms with Crippen LogP contribution in [-0.2, 0) is 0 Å². The molecule has 0 saturated carbocycles. The first kappa shape index (κ1) is 10.0. The molecule has 0 spiro atoms. The van der Waals surface area contributed by atoms with Crippen LogP contribution in [0.25, 0.3) is 0 Å². The summed E-state index contributed by atoms with van der Waals surface area (Å²) in [6.45, 7) is 0. The first-order valence-electron chi connectivity index (χ1n) is 5.97. The molecule has 2 saturated heterocycles. The third kappa shape index (κ3) is 1.78. The Morgan fingerprint density at radius 1 is 1.25 bits per heavy atom. The highest BCUT2D eigenvalue weighted by Crippen LogP contribution is 2.35. The molecule has 1 aromatic heterocycles. The second-order valence-corrected chi connectivity index (χ2v) is 4.81. The first-order valence-corrected chi connectivity index (χ1v) is 5.97. The third-order valence-corrected chi connectivity index (χ3v) is 3.88. The van der Waals surface area contributed by atoms with Crippen LogP contribution in [0, 0.1) is 0 Å². The smallest absolute Gasteiger partial charge is 0.232 e. The van der Waals surface area contributed by atoms with Gasteiger partial charge in [0.15, 0.2) is 0 Å². The molecule has 1 aromatic rings. The molecule has 2 aliphatic heterocycles. The molecular formula is C12H17N3O. The molecule has 2 aliphatic rings. The molecule has 2 fully saturated rings. The minimum absolute atomic E-state index is 0.324. The Morgan fingerprint density at radius 2 is 2.00 bits per heavy atom. The number of hydrogen-bond acceptors (Lipinski definition) is 4. The Hall–Kier alpha value is -1.16. The number of nitrogens with zero attached hydrogens (tertiary/aromatic N) is 3. The van der Waals surface area contributed by atoms with Gasteiger partial charge >= 0.3 is 0 Å². The molecule has 0 radical (unpaired) electrons. The minimum Gasteiger partial charge on any atom is -0.473 e. The number of aromatic nitrogens is 2. The summed E-state index contributed by atoms with van der Waals surface area (Å²) in [4.78, 5) is 10.7. The van der Waals surface area contributed by atoms with Crippen molar-refractivity contribution in [2.45, 2.75) is 43.9 Å². The zero-order chi connectivity index (χ0) is 11.0. The van der Waals surface area contributed by atoms with Gasteiger partial charge in [-0.15, -0.1) is 0 Å². The first-order chi connectivity index (χ1) is 7.83. The molecule has 16 heavy (non-hydrogen) atoms. The third-order valence-electron chi connectivity index (χ3n) is 3.88. The van der Waals surface area contributed by atoms with Crippen molar-refractivity contribution >= 4 is 0 Å². The zero-order valence-corrected chi connectivity index (χ0v) is 9.54. The highest BCUT2D eigenvalue weighted by molar-refractivity contribution is 5.04. The van der Waals surface area contributed by atoms with Crippen LogP contribution < -0.4 is 4.74 Å². The lowest BCUT2D eigenvalue weighted by Gasteiger charge is -2.35. The van der Waals surface area contributed by atoms with Gasteiger partial charge in [-0.25, -0.2) is 4.98 Å². The van der Waals surface area contributed by atoms with Crippen molar-refractivity contribution in [1.29, 1.82) is 0 Å². The predicted octanol–water partition coefficient (Wildman–Crippen LogP) is 1.48. The predicted molar refractivity (Wildman–Crippen MR) is 60.3 cm³/mol. The lowest BCUT2D eigenvalue weighted by Crippen LogP contribution is -2.43. The molecule has 3 rings (SSSR count). The van der Waals surface area contributed by atoms with Crippen LogP contribution in [0.4, 0.5) is 0 Å². The summed E-state index contributed by atoms with van der Waals surface area (Å²) in [5.74, 6) is 0.663. The molecule has 2 bridgehead atoms. The van der Waals surface area contributed by atoms with Crippen molar-refractivity contribution < 1.29 is 4.74 Å². The van der Waals surface area contributed by atoms with Gasteiger partial charge in [-0.2, -0.15) is 0 Å². The van der Waals surface area contributed by atoms with Crippen LogP contribution in [0.2, 0.25) is 0 Å². The standard InChI is InChI=1S/C12H17N3O/c1-15-9-2-3-10(15)7-11(6-9)16-12-8-13-4-5-14-12/h4-5,8-11H,2-3,6-7H2,1H3. The van der Waals surface area contributed by atoms with Gasteiger partial charge in [0.05, 0.1) is 6.20 Å². The van der Waals surface area contributed by atoms with E-state index in [0.717, 1.165) is 12.8 Å². The van der Waals surface area contributed by atoms with E-state index in [4.69, 9.17) is 4.74 Å². The maximum atomic E-state index is 5.88. The Kier molecular flexibility index (Phi) is 2.52. The summed E-state index contributed by atoms with van der Waals surface area (Å²) in [5.41, 5.74) is 0. The summed E-state index contributed by atoms with van der Waals surface area (Å²) in [7, 11) is 2.24. The van der Waals surface area contributed by atoms with Crippen molar-refractivity contribution in [2.24, 2.45) is 0 Å². The molecule has 0 N–H and O–H groups in total. The fourth-order valence-corrected chi connectivity index (χ4v) is 2.97. The summed E-state index contributed by atoms with van der Waals surface area (Å²) < 4.78 is 5.88. The second-order valence-electron chi connectivity index (χ2n) is 4.81. The Balaban J connectivity index is 1.66. The van der Waals surface area contributed by atoms with Gasteiger partial charge in [0.1, 0.15) is 6.10 Å². The van der Waals surface area contributed by atoms with Gasteiger partial charge in [0.2, 0.25) is 5.88 Å². The summed E-state index contributed by atoms with van der Waals surface area (Å²) >= 11 is 0. The van der Waals surface area contributed by atoms with Gasteiger partial charge in [0, 0.05) is 24.5 Å². The molecule has 3 heterocycles. The molecule has 0 amide bonds. The maximum absolute atomic E-state index is 5.88. The Morgan fingerprint density at radius 3 is 2.62 bits per heavy atom. The normalized spacial score (nSPS) is 33.9. The summed E-state index contributed by atoms with van der Waals surface area (Å²) in [6.07, 6.45) is 10.3. The maximum Gasteiger partial charge on any atom is 0.232 e. The molecule has 86 valence electrons. The summed E-state index contributed by atoms with van der Waals surface area (Å²) in [6, 6.07) is 1.42. The highest BCUT2D eigenvalue weighted by atomic mass is 16.5. The van der Waals surface area contributed by atoms with E-state index in [1.165, 1.54) is 12.8 Å². The monoisotopic (exact) mass is 219 g/mol. The van der Waals surface area contributed by atoms with Crippen molar-refractivity contribution in [3.05, 3.63) is 18.6 Å². The van der Waals surface area contributed by atoms with Crippen LogP contribution >= 0.6 is 0 Å². The number of fused-ring (bicyclic) bond motifs is 2. The van der Waals surface area contributed by atoms with Crippen molar-refractivity contribution in [3.63, 3.8) is 0 Å². The van der Waals surface area contributed by atoms with E-state index in [0.29, 0.717) is 24.1 Å². The number of piperidine rings is 1. The van der Waals surface area contributed by atoms with E-state index in [1.54, 1.807) is 18.6 Å². The van der Waals surface area contributed by atoms with Crippen LogP contribution in [-0.4, -0.2) is 40.1 Å². The van der Waals surface area contributed by atoms with E-state index in [1.807, 2.05) is 0 Å². The number of rotatable bonds is 2. The molecule has 2 atom stereocenters. The van der Waals surface area contributed by atoms with E-state index < -0.39 is 0 Å². The SMILES string of the molecule is CN1C2CCC1CC(Oc1cnccn1)C2. The van der Waals surface area contributed by atoms with E-state index >= 15 is 0 Å². The highest BCUT2D eigenvalue weighted by Gasteiger charge is 2.39. The lowest BCUT2D eigenvalue weighted by molar-refractivity contribution is 0.0630.